The summed E-state index contributed by atoms with van der Waals surface area (Å²) < 4.78 is 92.0. The molecule has 1 aliphatic rings. The monoisotopic (exact) mass is 284 g/mol. The molecule has 0 saturated carbocycles. The van der Waals surface area contributed by atoms with E-state index in [9.17, 15) is 30.7 Å². The van der Waals surface area contributed by atoms with Crippen molar-refractivity contribution in [2.24, 2.45) is 0 Å². The second-order valence-electron chi connectivity index (χ2n) is 4.28. The van der Waals surface area contributed by atoms with E-state index in [2.05, 4.69) is 0 Å². The van der Waals surface area contributed by atoms with Gasteiger partial charge in [0.2, 0.25) is 0 Å². The Kier molecular flexibility index (Phi) is 2.73. The molecule has 0 N–H and O–H groups in total. The molecule has 0 atom stereocenters. The van der Waals surface area contributed by atoms with Gasteiger partial charge in [-0.05, 0) is 12.5 Å². The molecule has 1 aliphatic carbocycles. The highest BCUT2D eigenvalue weighted by Gasteiger charge is 2.81. The van der Waals surface area contributed by atoms with Gasteiger partial charge in [-0.3, -0.25) is 0 Å². The topological polar surface area (TPSA) is 0 Å². The van der Waals surface area contributed by atoms with Gasteiger partial charge in [-0.2, -0.15) is 26.3 Å². The first kappa shape index (κ1) is 13.9. The predicted molar refractivity (Wildman–Crippen MR) is 54.0 cm³/mol. The second kappa shape index (κ2) is 3.74. The van der Waals surface area contributed by atoms with Crippen LogP contribution >= 0.6 is 0 Å². The molecule has 1 aromatic carbocycles. The fraction of sp³-hybridized carbons (Fsp3) is 0.333. The number of hydrogen-bond donors (Lipinski definition) is 0. The molecule has 104 valence electrons. The fourth-order valence-electron chi connectivity index (χ4n) is 1.82. The lowest BCUT2D eigenvalue weighted by Crippen LogP contribution is -2.48. The summed E-state index contributed by atoms with van der Waals surface area (Å²) in [6.45, 7) is 1.57. The Morgan fingerprint density at radius 3 is 1.63 bits per heavy atom. The standard InChI is InChI=1S/C12H7F7/c1-6-2-4-7(5-3-6)8-9(13)11(16,17)12(18,19)10(8,14)15/h2-5H,1H3. The van der Waals surface area contributed by atoms with Crippen molar-refractivity contribution < 1.29 is 30.7 Å². The number of alkyl halides is 6. The first-order valence-electron chi connectivity index (χ1n) is 5.14. The smallest absolute Gasteiger partial charge is 0.204 e. The van der Waals surface area contributed by atoms with Crippen LogP contribution in [0.4, 0.5) is 30.7 Å². The van der Waals surface area contributed by atoms with Gasteiger partial charge in [0.15, 0.2) is 5.83 Å². The van der Waals surface area contributed by atoms with Crippen LogP contribution in [0.25, 0.3) is 5.57 Å². The van der Waals surface area contributed by atoms with Crippen molar-refractivity contribution in [2.75, 3.05) is 0 Å². The van der Waals surface area contributed by atoms with E-state index < -0.39 is 34.7 Å². The number of allylic oxidation sites excluding steroid dienone is 2. The summed E-state index contributed by atoms with van der Waals surface area (Å²) in [4.78, 5) is 0. The van der Waals surface area contributed by atoms with Crippen LogP contribution < -0.4 is 0 Å². The van der Waals surface area contributed by atoms with Gasteiger partial charge >= 0.3 is 17.8 Å². The van der Waals surface area contributed by atoms with Gasteiger partial charge in [0.05, 0.1) is 5.57 Å². The van der Waals surface area contributed by atoms with Crippen molar-refractivity contribution in [3.05, 3.63) is 41.2 Å². The summed E-state index contributed by atoms with van der Waals surface area (Å²) in [5.41, 5.74) is -2.06. The molecule has 0 radical (unpaired) electrons. The van der Waals surface area contributed by atoms with Crippen LogP contribution in [0.15, 0.2) is 30.1 Å². The Balaban J connectivity index is 2.68. The van der Waals surface area contributed by atoms with E-state index in [1.807, 2.05) is 0 Å². The first-order chi connectivity index (χ1) is 8.53. The van der Waals surface area contributed by atoms with Crippen molar-refractivity contribution in [1.82, 2.24) is 0 Å². The number of hydrogen-bond acceptors (Lipinski definition) is 0. The summed E-state index contributed by atoms with van der Waals surface area (Å²) in [5, 5.41) is 0. The van der Waals surface area contributed by atoms with Gasteiger partial charge in [-0.1, -0.05) is 29.8 Å². The first-order valence-corrected chi connectivity index (χ1v) is 5.14. The molecule has 0 aromatic heterocycles. The van der Waals surface area contributed by atoms with Crippen molar-refractivity contribution in [3.63, 3.8) is 0 Å². The van der Waals surface area contributed by atoms with Crippen LogP contribution in [0.3, 0.4) is 0 Å². The highest BCUT2D eigenvalue weighted by molar-refractivity contribution is 5.78. The van der Waals surface area contributed by atoms with Gasteiger partial charge in [-0.15, -0.1) is 0 Å². The molecule has 0 amide bonds. The molecule has 19 heavy (non-hydrogen) atoms. The van der Waals surface area contributed by atoms with Crippen molar-refractivity contribution >= 4 is 5.57 Å². The minimum Gasteiger partial charge on any atom is -0.204 e. The minimum absolute atomic E-state index is 0.588. The molecule has 7 heteroatoms. The Labute approximate surface area is 103 Å². The van der Waals surface area contributed by atoms with Crippen molar-refractivity contribution in [2.45, 2.75) is 24.7 Å². The van der Waals surface area contributed by atoms with Crippen LogP contribution in [0, 0.1) is 6.92 Å². The molecule has 0 bridgehead atoms. The van der Waals surface area contributed by atoms with Gasteiger partial charge < -0.3 is 0 Å². The van der Waals surface area contributed by atoms with Gasteiger partial charge in [0.25, 0.3) is 0 Å². The summed E-state index contributed by atoms with van der Waals surface area (Å²) in [6, 6.07) is 4.27. The molecule has 0 nitrogen and oxygen atoms in total. The molecule has 1 aromatic rings. The quantitative estimate of drug-likeness (QED) is 0.661. The third kappa shape index (κ3) is 1.60. The van der Waals surface area contributed by atoms with Crippen LogP contribution in [0.1, 0.15) is 11.1 Å². The predicted octanol–water partition coefficient (Wildman–Crippen LogP) is 4.60. The van der Waals surface area contributed by atoms with E-state index in [1.165, 1.54) is 12.1 Å². The molecule has 0 spiro atoms. The molecule has 0 fully saturated rings. The number of rotatable bonds is 1. The lowest BCUT2D eigenvalue weighted by molar-refractivity contribution is -0.263. The maximum Gasteiger partial charge on any atom is 0.383 e. The number of benzene rings is 1. The Hall–Kier alpha value is -1.53. The summed E-state index contributed by atoms with van der Waals surface area (Å²) in [6.07, 6.45) is 0. The number of halogens is 7. The lowest BCUT2D eigenvalue weighted by atomic mass is 10.00. The SMILES string of the molecule is Cc1ccc(C2=C(F)C(F)(F)C(F)(F)C2(F)F)cc1. The highest BCUT2D eigenvalue weighted by atomic mass is 19.3. The average Bonchev–Trinajstić information content (AvgIpc) is 2.38. The molecule has 0 saturated heterocycles. The zero-order valence-electron chi connectivity index (χ0n) is 9.46. The lowest BCUT2D eigenvalue weighted by Gasteiger charge is -2.24. The second-order valence-corrected chi connectivity index (χ2v) is 4.28. The minimum atomic E-state index is -5.79. The highest BCUT2D eigenvalue weighted by Crippen LogP contribution is 2.62. The van der Waals surface area contributed by atoms with Crippen LogP contribution in [-0.2, 0) is 0 Å². The van der Waals surface area contributed by atoms with Gasteiger partial charge in [-0.25, -0.2) is 4.39 Å². The Morgan fingerprint density at radius 1 is 0.789 bits per heavy atom. The van der Waals surface area contributed by atoms with E-state index in [-0.39, 0.29) is 0 Å². The van der Waals surface area contributed by atoms with Crippen LogP contribution in [-0.4, -0.2) is 17.8 Å². The normalized spacial score (nSPS) is 23.8. The average molecular weight is 284 g/mol. The third-order valence-corrected chi connectivity index (χ3v) is 2.94. The van der Waals surface area contributed by atoms with Crippen molar-refractivity contribution in [1.29, 1.82) is 0 Å². The maximum absolute atomic E-state index is 13.4. The van der Waals surface area contributed by atoms with Gasteiger partial charge in [0.1, 0.15) is 0 Å². The fourth-order valence-corrected chi connectivity index (χ4v) is 1.82. The number of aryl methyl sites for hydroxylation is 1. The third-order valence-electron chi connectivity index (χ3n) is 2.94. The summed E-state index contributed by atoms with van der Waals surface area (Å²) >= 11 is 0. The molecule has 0 aliphatic heterocycles. The Bertz CT molecular complexity index is 540. The molecular weight excluding hydrogens is 277 g/mol. The van der Waals surface area contributed by atoms with E-state index >= 15 is 0 Å². The maximum atomic E-state index is 13.4. The van der Waals surface area contributed by atoms with E-state index in [1.54, 1.807) is 6.92 Å². The van der Waals surface area contributed by atoms with E-state index in [4.69, 9.17) is 0 Å². The van der Waals surface area contributed by atoms with Crippen LogP contribution in [0.2, 0.25) is 0 Å². The van der Waals surface area contributed by atoms with Crippen LogP contribution in [0.5, 0.6) is 0 Å². The zero-order chi connectivity index (χ0) is 14.6. The zero-order valence-corrected chi connectivity index (χ0v) is 9.46. The largest absolute Gasteiger partial charge is 0.383 e. The molecule has 0 unspecified atom stereocenters. The molecule has 0 heterocycles. The Morgan fingerprint density at radius 2 is 1.26 bits per heavy atom. The summed E-state index contributed by atoms with van der Waals surface area (Å²) in [7, 11) is 0. The van der Waals surface area contributed by atoms with Gasteiger partial charge in [0, 0.05) is 0 Å². The van der Waals surface area contributed by atoms with E-state index in [0.717, 1.165) is 12.1 Å². The molecular formula is C12H7F7. The van der Waals surface area contributed by atoms with Crippen molar-refractivity contribution in [3.8, 4) is 0 Å². The molecule has 2 rings (SSSR count). The summed E-state index contributed by atoms with van der Waals surface area (Å²) in [5.74, 6) is -19.4. The van der Waals surface area contributed by atoms with E-state index in [0.29, 0.717) is 5.56 Å².